The molecule has 0 radical (unpaired) electrons. The fourth-order valence-electron chi connectivity index (χ4n) is 3.29. The second kappa shape index (κ2) is 7.08. The molecule has 0 amide bonds. The molecule has 0 bridgehead atoms. The van der Waals surface area contributed by atoms with Gasteiger partial charge in [0.15, 0.2) is 0 Å². The lowest BCUT2D eigenvalue weighted by molar-refractivity contribution is 0.597. The van der Waals surface area contributed by atoms with Crippen molar-refractivity contribution in [2.45, 2.75) is 44.6 Å². The average molecular weight is 381 g/mol. The van der Waals surface area contributed by atoms with E-state index in [0.29, 0.717) is 13.0 Å². The first-order valence-corrected chi connectivity index (χ1v) is 10.3. The van der Waals surface area contributed by atoms with E-state index in [1.54, 1.807) is 18.0 Å². The molecule has 0 unspecified atom stereocenters. The molecule has 3 aromatic rings. The zero-order valence-electron chi connectivity index (χ0n) is 15.9. The SMILES string of the molecule is C=C(NCc1cc2cc(F)c(CC)cc2n1Sc1ccccc1)C1(C)CC1. The molecule has 4 heteroatoms. The van der Waals surface area contributed by atoms with Crippen LogP contribution in [-0.2, 0) is 13.0 Å². The van der Waals surface area contributed by atoms with Crippen LogP contribution in [0.1, 0.15) is 37.9 Å². The van der Waals surface area contributed by atoms with Gasteiger partial charge in [0.25, 0.3) is 0 Å². The van der Waals surface area contributed by atoms with E-state index in [0.717, 1.165) is 32.8 Å². The Labute approximate surface area is 164 Å². The Morgan fingerprint density at radius 3 is 2.63 bits per heavy atom. The molecule has 1 heterocycles. The van der Waals surface area contributed by atoms with Crippen LogP contribution in [0.5, 0.6) is 0 Å². The van der Waals surface area contributed by atoms with Gasteiger partial charge in [-0.25, -0.2) is 4.39 Å². The van der Waals surface area contributed by atoms with Gasteiger partial charge in [-0.2, -0.15) is 0 Å². The molecule has 2 nitrogen and oxygen atoms in total. The summed E-state index contributed by atoms with van der Waals surface area (Å²) in [6.07, 6.45) is 3.09. The second-order valence-electron chi connectivity index (χ2n) is 7.58. The van der Waals surface area contributed by atoms with Crippen LogP contribution in [0.4, 0.5) is 4.39 Å². The number of aromatic nitrogens is 1. The normalized spacial score (nSPS) is 15.1. The predicted octanol–water partition coefficient (Wildman–Crippen LogP) is 6.30. The first-order chi connectivity index (χ1) is 13.0. The van der Waals surface area contributed by atoms with Gasteiger partial charge in [0.2, 0.25) is 0 Å². The van der Waals surface area contributed by atoms with E-state index in [1.165, 1.54) is 12.8 Å². The van der Waals surface area contributed by atoms with Crippen molar-refractivity contribution in [2.75, 3.05) is 0 Å². The summed E-state index contributed by atoms with van der Waals surface area (Å²) in [5, 5.41) is 4.45. The Hall–Kier alpha value is -2.20. The molecule has 0 saturated heterocycles. The minimum absolute atomic E-state index is 0.124. The summed E-state index contributed by atoms with van der Waals surface area (Å²) in [6, 6.07) is 16.0. The Balaban J connectivity index is 1.71. The summed E-state index contributed by atoms with van der Waals surface area (Å²) >= 11 is 1.67. The largest absolute Gasteiger partial charge is 0.383 e. The average Bonchev–Trinajstić information content (AvgIpc) is 3.35. The van der Waals surface area contributed by atoms with Gasteiger partial charge in [-0.3, -0.25) is 3.97 Å². The molecule has 27 heavy (non-hydrogen) atoms. The van der Waals surface area contributed by atoms with Crippen molar-refractivity contribution in [3.05, 3.63) is 77.9 Å². The fourth-order valence-corrected chi connectivity index (χ4v) is 4.27. The Morgan fingerprint density at radius 2 is 1.96 bits per heavy atom. The molecule has 140 valence electrons. The molecule has 0 atom stereocenters. The van der Waals surface area contributed by atoms with Crippen LogP contribution in [0.2, 0.25) is 0 Å². The number of benzene rings is 2. The van der Waals surface area contributed by atoms with Crippen molar-refractivity contribution in [3.8, 4) is 0 Å². The van der Waals surface area contributed by atoms with Crippen LogP contribution < -0.4 is 5.32 Å². The van der Waals surface area contributed by atoms with E-state index < -0.39 is 0 Å². The number of fused-ring (bicyclic) bond motifs is 1. The summed E-state index contributed by atoms with van der Waals surface area (Å²) < 4.78 is 16.5. The lowest BCUT2D eigenvalue weighted by Gasteiger charge is -2.16. The van der Waals surface area contributed by atoms with Crippen LogP contribution in [0, 0.1) is 11.2 Å². The maximum absolute atomic E-state index is 14.3. The third-order valence-electron chi connectivity index (χ3n) is 5.53. The van der Waals surface area contributed by atoms with Gasteiger partial charge in [0.1, 0.15) is 5.82 Å². The van der Waals surface area contributed by atoms with Crippen molar-refractivity contribution in [2.24, 2.45) is 5.41 Å². The highest BCUT2D eigenvalue weighted by Gasteiger charge is 2.40. The van der Waals surface area contributed by atoms with Gasteiger partial charge in [-0.15, -0.1) is 0 Å². The smallest absolute Gasteiger partial charge is 0.127 e. The maximum atomic E-state index is 14.3. The molecular formula is C23H25FN2S. The number of hydrogen-bond acceptors (Lipinski definition) is 2. The molecule has 2 aromatic carbocycles. The van der Waals surface area contributed by atoms with Crippen LogP contribution in [0.25, 0.3) is 10.9 Å². The number of nitrogens with zero attached hydrogens (tertiary/aromatic N) is 1. The number of nitrogens with one attached hydrogen (secondary N) is 1. The number of halogens is 1. The minimum atomic E-state index is -0.124. The lowest BCUT2D eigenvalue weighted by Crippen LogP contribution is -2.19. The van der Waals surface area contributed by atoms with E-state index in [2.05, 4.69) is 41.0 Å². The van der Waals surface area contributed by atoms with Crippen LogP contribution in [0.15, 0.2) is 65.7 Å². The first kappa shape index (κ1) is 18.2. The summed E-state index contributed by atoms with van der Waals surface area (Å²) in [4.78, 5) is 1.16. The van der Waals surface area contributed by atoms with Crippen molar-refractivity contribution >= 4 is 22.9 Å². The molecule has 1 fully saturated rings. The van der Waals surface area contributed by atoms with E-state index in [-0.39, 0.29) is 11.2 Å². The van der Waals surface area contributed by atoms with Crippen LogP contribution in [-0.4, -0.2) is 3.97 Å². The minimum Gasteiger partial charge on any atom is -0.383 e. The summed E-state index contributed by atoms with van der Waals surface area (Å²) in [6.45, 7) is 9.15. The number of rotatable bonds is 7. The Bertz CT molecular complexity index is 987. The van der Waals surface area contributed by atoms with Crippen LogP contribution in [0.3, 0.4) is 0 Å². The van der Waals surface area contributed by atoms with Crippen LogP contribution >= 0.6 is 11.9 Å². The molecular weight excluding hydrogens is 355 g/mol. The molecule has 1 aromatic heterocycles. The van der Waals surface area contributed by atoms with Gasteiger partial charge in [0.05, 0.1) is 17.8 Å². The van der Waals surface area contributed by atoms with Gasteiger partial charge < -0.3 is 5.32 Å². The third kappa shape index (κ3) is 3.63. The Kier molecular flexibility index (Phi) is 4.77. The topological polar surface area (TPSA) is 17.0 Å². The van der Waals surface area contributed by atoms with Gasteiger partial charge >= 0.3 is 0 Å². The number of hydrogen-bond donors (Lipinski definition) is 1. The van der Waals surface area contributed by atoms with Gasteiger partial charge in [-0.1, -0.05) is 38.6 Å². The molecule has 1 aliphatic rings. The monoisotopic (exact) mass is 380 g/mol. The lowest BCUT2D eigenvalue weighted by atomic mass is 10.1. The van der Waals surface area contributed by atoms with Crippen molar-refractivity contribution in [3.63, 3.8) is 0 Å². The zero-order valence-corrected chi connectivity index (χ0v) is 16.7. The molecule has 1 N–H and O–H groups in total. The highest BCUT2D eigenvalue weighted by Crippen LogP contribution is 2.49. The molecule has 1 aliphatic carbocycles. The fraction of sp³-hybridized carbons (Fsp3) is 0.304. The molecule has 0 aliphatic heterocycles. The number of aryl methyl sites for hydroxylation is 1. The maximum Gasteiger partial charge on any atom is 0.127 e. The first-order valence-electron chi connectivity index (χ1n) is 9.49. The number of allylic oxidation sites excluding steroid dienone is 1. The van der Waals surface area contributed by atoms with Gasteiger partial charge in [-0.05, 0) is 67.1 Å². The highest BCUT2D eigenvalue weighted by atomic mass is 32.2. The molecule has 0 spiro atoms. The highest BCUT2D eigenvalue weighted by molar-refractivity contribution is 7.98. The van der Waals surface area contributed by atoms with Crippen molar-refractivity contribution in [1.29, 1.82) is 0 Å². The molecule has 4 rings (SSSR count). The Morgan fingerprint density at radius 1 is 1.22 bits per heavy atom. The van der Waals surface area contributed by atoms with Crippen molar-refractivity contribution in [1.82, 2.24) is 9.29 Å². The van der Waals surface area contributed by atoms with Gasteiger partial charge in [0, 0.05) is 21.4 Å². The predicted molar refractivity (Wildman–Crippen MR) is 112 cm³/mol. The van der Waals surface area contributed by atoms with E-state index in [4.69, 9.17) is 0 Å². The summed E-state index contributed by atoms with van der Waals surface area (Å²) in [5.74, 6) is -0.124. The van der Waals surface area contributed by atoms with Crippen molar-refractivity contribution < 1.29 is 4.39 Å². The van der Waals surface area contributed by atoms with E-state index in [9.17, 15) is 4.39 Å². The van der Waals surface area contributed by atoms with E-state index in [1.807, 2.05) is 31.2 Å². The quantitative estimate of drug-likeness (QED) is 0.518. The summed E-state index contributed by atoms with van der Waals surface area (Å²) in [5.41, 5.74) is 4.28. The molecule has 1 saturated carbocycles. The second-order valence-corrected chi connectivity index (χ2v) is 8.60. The zero-order chi connectivity index (χ0) is 19.0. The van der Waals surface area contributed by atoms with E-state index >= 15 is 0 Å². The third-order valence-corrected chi connectivity index (χ3v) is 6.63. The summed E-state index contributed by atoms with van der Waals surface area (Å²) in [7, 11) is 0. The standard InChI is InChI=1S/C23H25FN2S/c1-4-17-14-22-18(13-21(17)24)12-19(15-25-16(2)23(3)10-11-23)26(22)27-20-8-6-5-7-9-20/h5-9,12-14,25H,2,4,10-11,15H2,1,3H3.